The van der Waals surface area contributed by atoms with Crippen molar-refractivity contribution < 1.29 is 9.32 Å². The van der Waals surface area contributed by atoms with Crippen LogP contribution in [-0.4, -0.2) is 77.6 Å². The molecule has 0 N–H and O–H groups in total. The average molecular weight is 293 g/mol. The van der Waals surface area contributed by atoms with E-state index in [1.165, 1.54) is 12.8 Å². The fourth-order valence-corrected chi connectivity index (χ4v) is 2.47. The van der Waals surface area contributed by atoms with Crippen LogP contribution in [0.4, 0.5) is 0 Å². The molecule has 0 radical (unpaired) electrons. The van der Waals surface area contributed by atoms with Crippen molar-refractivity contribution in [2.24, 2.45) is 0 Å². The minimum Gasteiger partial charge on any atom is -0.348 e. The zero-order valence-corrected chi connectivity index (χ0v) is 12.8. The van der Waals surface area contributed by atoms with Crippen molar-refractivity contribution in [1.29, 1.82) is 0 Å². The maximum Gasteiger partial charge on any atom is 0.240 e. The molecule has 1 aromatic rings. The van der Waals surface area contributed by atoms with Crippen molar-refractivity contribution in [1.82, 2.24) is 24.8 Å². The van der Waals surface area contributed by atoms with Crippen molar-refractivity contribution in [2.75, 3.05) is 46.8 Å². The third kappa shape index (κ3) is 3.79. The van der Waals surface area contributed by atoms with Crippen LogP contribution in [0.3, 0.4) is 0 Å². The maximum absolute atomic E-state index is 11.7. The Morgan fingerprint density at radius 2 is 1.90 bits per heavy atom. The van der Waals surface area contributed by atoms with Crippen molar-refractivity contribution in [3.05, 3.63) is 11.7 Å². The SMILES string of the molecule is CN(C)C(=O)CN1CCN(Cc2nc(C3CC3)no2)CC1. The summed E-state index contributed by atoms with van der Waals surface area (Å²) in [7, 11) is 3.59. The fourth-order valence-electron chi connectivity index (χ4n) is 2.47. The first-order chi connectivity index (χ1) is 10.1. The molecule has 1 aliphatic carbocycles. The van der Waals surface area contributed by atoms with Gasteiger partial charge in [0.1, 0.15) is 0 Å². The maximum atomic E-state index is 11.7. The Balaban J connectivity index is 1.43. The molecule has 7 nitrogen and oxygen atoms in total. The molecular weight excluding hydrogens is 270 g/mol. The average Bonchev–Trinajstić information content (AvgIpc) is 3.21. The second kappa shape index (κ2) is 6.11. The monoisotopic (exact) mass is 293 g/mol. The number of rotatable bonds is 5. The number of hydrogen-bond acceptors (Lipinski definition) is 6. The summed E-state index contributed by atoms with van der Waals surface area (Å²) in [5.41, 5.74) is 0. The lowest BCUT2D eigenvalue weighted by Gasteiger charge is -2.33. The summed E-state index contributed by atoms with van der Waals surface area (Å²) in [6.07, 6.45) is 2.38. The molecule has 21 heavy (non-hydrogen) atoms. The molecule has 1 saturated carbocycles. The highest BCUT2D eigenvalue weighted by Gasteiger charge is 2.29. The second-order valence-electron chi connectivity index (χ2n) is 6.16. The van der Waals surface area contributed by atoms with Crippen LogP contribution in [0.15, 0.2) is 4.52 Å². The van der Waals surface area contributed by atoms with Crippen LogP contribution in [0.5, 0.6) is 0 Å². The second-order valence-corrected chi connectivity index (χ2v) is 6.16. The lowest BCUT2D eigenvalue weighted by atomic mass is 10.3. The summed E-state index contributed by atoms with van der Waals surface area (Å²) in [6, 6.07) is 0. The Bertz CT molecular complexity index is 489. The number of nitrogens with zero attached hydrogens (tertiary/aromatic N) is 5. The first kappa shape index (κ1) is 14.5. The number of likely N-dealkylation sites (N-methyl/N-ethyl adjacent to an activating group) is 1. The molecule has 116 valence electrons. The van der Waals surface area contributed by atoms with Crippen LogP contribution in [-0.2, 0) is 11.3 Å². The third-order valence-electron chi connectivity index (χ3n) is 4.11. The van der Waals surface area contributed by atoms with Gasteiger partial charge in [0.2, 0.25) is 11.8 Å². The van der Waals surface area contributed by atoms with Crippen LogP contribution in [0.1, 0.15) is 30.5 Å². The number of carbonyl (C=O) groups excluding carboxylic acids is 1. The van der Waals surface area contributed by atoms with E-state index in [1.807, 2.05) is 0 Å². The Kier molecular flexibility index (Phi) is 4.21. The molecule has 0 unspecified atom stereocenters. The largest absolute Gasteiger partial charge is 0.348 e. The molecule has 1 aliphatic heterocycles. The fraction of sp³-hybridized carbons (Fsp3) is 0.786. The van der Waals surface area contributed by atoms with Crippen molar-refractivity contribution >= 4 is 5.91 Å². The Morgan fingerprint density at radius 3 is 2.52 bits per heavy atom. The van der Waals surface area contributed by atoms with E-state index in [9.17, 15) is 4.79 Å². The van der Waals surface area contributed by atoms with Gasteiger partial charge in [-0.05, 0) is 12.8 Å². The predicted molar refractivity (Wildman–Crippen MR) is 76.7 cm³/mol. The summed E-state index contributed by atoms with van der Waals surface area (Å²) in [5, 5.41) is 4.04. The van der Waals surface area contributed by atoms with Gasteiger partial charge in [-0.2, -0.15) is 4.98 Å². The van der Waals surface area contributed by atoms with Crippen molar-refractivity contribution in [3.8, 4) is 0 Å². The molecule has 1 aromatic heterocycles. The molecular formula is C14H23N5O2. The summed E-state index contributed by atoms with van der Waals surface area (Å²) < 4.78 is 5.31. The summed E-state index contributed by atoms with van der Waals surface area (Å²) in [6.45, 7) is 4.90. The minimum atomic E-state index is 0.162. The molecule has 3 rings (SSSR count). The molecule has 1 amide bonds. The molecule has 0 bridgehead atoms. The lowest BCUT2D eigenvalue weighted by Crippen LogP contribution is -2.48. The van der Waals surface area contributed by atoms with Gasteiger partial charge >= 0.3 is 0 Å². The Labute approximate surface area is 124 Å². The normalized spacial score (nSPS) is 20.7. The molecule has 2 fully saturated rings. The highest BCUT2D eigenvalue weighted by Crippen LogP contribution is 2.38. The highest BCUT2D eigenvalue weighted by atomic mass is 16.5. The van der Waals surface area contributed by atoms with Gasteiger partial charge in [0, 0.05) is 46.2 Å². The quantitative estimate of drug-likeness (QED) is 0.770. The van der Waals surface area contributed by atoms with Gasteiger partial charge in [0.05, 0.1) is 13.1 Å². The zero-order chi connectivity index (χ0) is 14.8. The Hall–Kier alpha value is -1.47. The highest BCUT2D eigenvalue weighted by molar-refractivity contribution is 5.77. The lowest BCUT2D eigenvalue weighted by molar-refractivity contribution is -0.130. The topological polar surface area (TPSA) is 65.7 Å². The van der Waals surface area contributed by atoms with E-state index in [-0.39, 0.29) is 5.91 Å². The first-order valence-electron chi connectivity index (χ1n) is 7.59. The van der Waals surface area contributed by atoms with E-state index in [0.29, 0.717) is 12.5 Å². The minimum absolute atomic E-state index is 0.162. The molecule has 2 heterocycles. The number of carbonyl (C=O) groups is 1. The predicted octanol–water partition coefficient (Wildman–Crippen LogP) is 0.153. The number of aromatic nitrogens is 2. The van der Waals surface area contributed by atoms with Crippen LogP contribution < -0.4 is 0 Å². The van der Waals surface area contributed by atoms with E-state index in [1.54, 1.807) is 19.0 Å². The molecule has 7 heteroatoms. The van der Waals surface area contributed by atoms with Crippen LogP contribution in [0.2, 0.25) is 0 Å². The van der Waals surface area contributed by atoms with Crippen LogP contribution in [0.25, 0.3) is 0 Å². The molecule has 0 aromatic carbocycles. The molecule has 0 spiro atoms. The third-order valence-corrected chi connectivity index (χ3v) is 4.11. The summed E-state index contributed by atoms with van der Waals surface area (Å²) in [4.78, 5) is 22.3. The van der Waals surface area contributed by atoms with E-state index in [4.69, 9.17) is 4.52 Å². The van der Waals surface area contributed by atoms with E-state index >= 15 is 0 Å². The van der Waals surface area contributed by atoms with Gasteiger partial charge in [0.25, 0.3) is 0 Å². The van der Waals surface area contributed by atoms with E-state index in [2.05, 4.69) is 19.9 Å². The van der Waals surface area contributed by atoms with Crippen LogP contribution >= 0.6 is 0 Å². The Morgan fingerprint density at radius 1 is 1.24 bits per heavy atom. The van der Waals surface area contributed by atoms with Gasteiger partial charge in [0.15, 0.2) is 5.82 Å². The number of hydrogen-bond donors (Lipinski definition) is 0. The van der Waals surface area contributed by atoms with Crippen molar-refractivity contribution in [2.45, 2.75) is 25.3 Å². The van der Waals surface area contributed by atoms with Gasteiger partial charge in [-0.1, -0.05) is 5.16 Å². The van der Waals surface area contributed by atoms with Gasteiger partial charge in [-0.3, -0.25) is 14.6 Å². The van der Waals surface area contributed by atoms with Gasteiger partial charge in [-0.25, -0.2) is 0 Å². The van der Waals surface area contributed by atoms with Crippen molar-refractivity contribution in [3.63, 3.8) is 0 Å². The first-order valence-corrected chi connectivity index (χ1v) is 7.59. The summed E-state index contributed by atoms with van der Waals surface area (Å²) >= 11 is 0. The smallest absolute Gasteiger partial charge is 0.240 e. The van der Waals surface area contributed by atoms with E-state index < -0.39 is 0 Å². The number of amides is 1. The van der Waals surface area contributed by atoms with E-state index in [0.717, 1.165) is 44.4 Å². The standard InChI is InChI=1S/C14H23N5O2/c1-17(2)13(20)10-19-7-5-18(6-8-19)9-12-15-14(16-21-12)11-3-4-11/h11H,3-10H2,1-2H3. The number of piperazine rings is 1. The van der Waals surface area contributed by atoms with Crippen LogP contribution in [0, 0.1) is 0 Å². The zero-order valence-electron chi connectivity index (χ0n) is 12.8. The van der Waals surface area contributed by atoms with Gasteiger partial charge < -0.3 is 9.42 Å². The molecule has 2 aliphatic rings. The summed E-state index contributed by atoms with van der Waals surface area (Å²) in [5.74, 6) is 2.29. The molecule has 0 atom stereocenters. The molecule has 1 saturated heterocycles. The van der Waals surface area contributed by atoms with Gasteiger partial charge in [-0.15, -0.1) is 0 Å².